The molecule has 4 nitrogen and oxygen atoms in total. The van der Waals surface area contributed by atoms with Crippen LogP contribution in [-0.4, -0.2) is 19.5 Å². The average molecular weight is 789 g/mol. The second kappa shape index (κ2) is 13.7. The van der Waals surface area contributed by atoms with Crippen LogP contribution in [0.3, 0.4) is 0 Å². The van der Waals surface area contributed by atoms with E-state index < -0.39 is 0 Å². The topological polar surface area (TPSA) is 43.6 Å². The van der Waals surface area contributed by atoms with Gasteiger partial charge in [-0.3, -0.25) is 0 Å². The van der Waals surface area contributed by atoms with E-state index in [4.69, 9.17) is 15.0 Å². The second-order valence-corrected chi connectivity index (χ2v) is 16.9. The van der Waals surface area contributed by atoms with Gasteiger partial charge in [0.05, 0.1) is 5.52 Å². The van der Waals surface area contributed by atoms with E-state index in [1.54, 1.807) is 22.7 Å². The summed E-state index contributed by atoms with van der Waals surface area (Å²) in [4.78, 5) is 16.0. The third-order valence-corrected chi connectivity index (χ3v) is 13.7. The van der Waals surface area contributed by atoms with E-state index in [1.807, 2.05) is 0 Å². The quantitative estimate of drug-likeness (QED) is 0.169. The summed E-state index contributed by atoms with van der Waals surface area (Å²) in [7, 11) is 0. The van der Waals surface area contributed by atoms with Gasteiger partial charge in [-0.05, 0) is 71.3 Å². The van der Waals surface area contributed by atoms with E-state index >= 15 is 0 Å². The van der Waals surface area contributed by atoms with Gasteiger partial charge in [0.2, 0.25) is 0 Å². The van der Waals surface area contributed by atoms with Crippen molar-refractivity contribution in [3.63, 3.8) is 0 Å². The van der Waals surface area contributed by atoms with Crippen molar-refractivity contribution >= 4 is 73.9 Å². The van der Waals surface area contributed by atoms with Gasteiger partial charge in [0.1, 0.15) is 0 Å². The molecule has 4 aromatic heterocycles. The molecule has 0 spiro atoms. The molecule has 0 atom stereocenters. The maximum Gasteiger partial charge on any atom is 0.165 e. The molecule has 12 aromatic rings. The van der Waals surface area contributed by atoms with Gasteiger partial charge in [0.15, 0.2) is 17.5 Å². The van der Waals surface area contributed by atoms with Gasteiger partial charge in [0.25, 0.3) is 0 Å². The molecule has 0 aliphatic rings. The van der Waals surface area contributed by atoms with Gasteiger partial charge < -0.3 is 4.57 Å². The minimum absolute atomic E-state index is 0.639. The van der Waals surface area contributed by atoms with Crippen molar-refractivity contribution in [2.75, 3.05) is 0 Å². The van der Waals surface area contributed by atoms with Crippen LogP contribution in [0.4, 0.5) is 0 Å². The fraction of sp³-hybridized carbons (Fsp3) is 0. The number of hydrogen-bond donors (Lipinski definition) is 0. The van der Waals surface area contributed by atoms with Gasteiger partial charge in [-0.2, -0.15) is 0 Å². The molecule has 4 heterocycles. The summed E-state index contributed by atoms with van der Waals surface area (Å²) in [6.07, 6.45) is 2.27. The first-order valence-corrected chi connectivity index (χ1v) is 21.3. The smallest absolute Gasteiger partial charge is 0.165 e. The van der Waals surface area contributed by atoms with Gasteiger partial charge in [0, 0.05) is 79.9 Å². The third kappa shape index (κ3) is 5.68. The minimum Gasteiger partial charge on any atom is -0.316 e. The summed E-state index contributed by atoms with van der Waals surface area (Å²) in [5.74, 6) is 1.97. The number of thiophene rings is 2. The first-order chi connectivity index (χ1) is 29.2. The van der Waals surface area contributed by atoms with Gasteiger partial charge in [-0.25, -0.2) is 15.0 Å². The lowest BCUT2D eigenvalue weighted by Gasteiger charge is -2.11. The van der Waals surface area contributed by atoms with Crippen molar-refractivity contribution in [1.29, 1.82) is 0 Å². The zero-order valence-corrected chi connectivity index (χ0v) is 33.2. The van der Waals surface area contributed by atoms with Crippen molar-refractivity contribution in [2.24, 2.45) is 0 Å². The molecule has 0 aliphatic heterocycles. The standard InChI is InChI=1S/C53H32N4S2/c1-3-14-33(15-4-1)34-28-29-46-44(31-34)45(32-57(46)37-18-5-2-6-19-37)35-16-11-17-36(30-35)51-54-52(42-24-12-22-40-38-20-7-9-26-47(38)58-49(40)42)56-53(55-51)43-25-13-23-41-39-21-8-10-27-48(39)59-50(41)43/h1-32H. The summed E-state index contributed by atoms with van der Waals surface area (Å²) in [5, 5.41) is 6.10. The summed E-state index contributed by atoms with van der Waals surface area (Å²) in [5.41, 5.74) is 9.81. The van der Waals surface area contributed by atoms with Crippen LogP contribution < -0.4 is 0 Å². The van der Waals surface area contributed by atoms with E-state index in [2.05, 4.69) is 199 Å². The van der Waals surface area contributed by atoms with Crippen LogP contribution in [0.1, 0.15) is 0 Å². The van der Waals surface area contributed by atoms with Gasteiger partial charge in [-0.1, -0.05) is 133 Å². The number of nitrogens with zero attached hydrogens (tertiary/aromatic N) is 4. The summed E-state index contributed by atoms with van der Waals surface area (Å²) in [6.45, 7) is 0. The monoisotopic (exact) mass is 788 g/mol. The molecule has 0 bridgehead atoms. The van der Waals surface area contributed by atoms with E-state index in [0.717, 1.165) is 39.0 Å². The van der Waals surface area contributed by atoms with E-state index in [0.29, 0.717) is 17.5 Å². The first kappa shape index (κ1) is 33.8. The fourth-order valence-electron chi connectivity index (χ4n) is 8.49. The Bertz CT molecular complexity index is 3430. The van der Waals surface area contributed by atoms with Crippen LogP contribution in [0.15, 0.2) is 194 Å². The Balaban J connectivity index is 1.08. The highest BCUT2D eigenvalue weighted by Crippen LogP contribution is 2.43. The zero-order valence-electron chi connectivity index (χ0n) is 31.6. The predicted octanol–water partition coefficient (Wildman–Crippen LogP) is 14.9. The van der Waals surface area contributed by atoms with E-state index in [1.165, 1.54) is 56.9 Å². The summed E-state index contributed by atoms with van der Waals surface area (Å²) < 4.78 is 7.14. The number of fused-ring (bicyclic) bond motifs is 7. The Morgan fingerprint density at radius 1 is 0.339 bits per heavy atom. The predicted molar refractivity (Wildman–Crippen MR) is 250 cm³/mol. The number of para-hydroxylation sites is 1. The third-order valence-electron chi connectivity index (χ3n) is 11.3. The van der Waals surface area contributed by atoms with Crippen LogP contribution in [0.2, 0.25) is 0 Å². The highest BCUT2D eigenvalue weighted by molar-refractivity contribution is 7.26. The molecule has 276 valence electrons. The molecule has 0 fully saturated rings. The highest BCUT2D eigenvalue weighted by atomic mass is 32.1. The highest BCUT2D eigenvalue weighted by Gasteiger charge is 2.20. The lowest BCUT2D eigenvalue weighted by Crippen LogP contribution is -2.00. The van der Waals surface area contributed by atoms with Crippen molar-refractivity contribution in [3.8, 4) is 62.1 Å². The van der Waals surface area contributed by atoms with Crippen LogP contribution in [0, 0.1) is 0 Å². The van der Waals surface area contributed by atoms with Crippen molar-refractivity contribution in [2.45, 2.75) is 0 Å². The Hall–Kier alpha value is -7.25. The molecule has 12 rings (SSSR count). The summed E-state index contributed by atoms with van der Waals surface area (Å²) in [6, 6.07) is 66.8. The van der Waals surface area contributed by atoms with Crippen molar-refractivity contribution < 1.29 is 0 Å². The Morgan fingerprint density at radius 3 is 1.53 bits per heavy atom. The maximum absolute atomic E-state index is 5.33. The summed E-state index contributed by atoms with van der Waals surface area (Å²) >= 11 is 3.58. The zero-order chi connectivity index (χ0) is 38.9. The number of aromatic nitrogens is 4. The Morgan fingerprint density at radius 2 is 0.864 bits per heavy atom. The lowest BCUT2D eigenvalue weighted by molar-refractivity contribution is 1.08. The molecule has 0 unspecified atom stereocenters. The molecule has 0 radical (unpaired) electrons. The van der Waals surface area contributed by atoms with Crippen LogP contribution in [0.25, 0.3) is 113 Å². The van der Waals surface area contributed by atoms with Crippen LogP contribution in [0.5, 0.6) is 0 Å². The van der Waals surface area contributed by atoms with Gasteiger partial charge in [-0.15, -0.1) is 22.7 Å². The molecule has 0 amide bonds. The largest absolute Gasteiger partial charge is 0.316 e. The molecule has 0 N–H and O–H groups in total. The number of benzene rings is 8. The maximum atomic E-state index is 5.33. The average Bonchev–Trinajstić information content (AvgIpc) is 4.01. The van der Waals surface area contributed by atoms with Crippen LogP contribution in [-0.2, 0) is 0 Å². The minimum atomic E-state index is 0.639. The lowest BCUT2D eigenvalue weighted by atomic mass is 9.98. The Labute approximate surface area is 348 Å². The SMILES string of the molecule is c1ccc(-c2ccc3c(c2)c(-c2cccc(-c4nc(-c5cccc6c5sc5ccccc56)nc(-c5cccc6c5sc5ccccc56)n4)c2)cn3-c2ccccc2)cc1. The fourth-order valence-corrected chi connectivity index (χ4v) is 10.9. The first-order valence-electron chi connectivity index (χ1n) is 19.7. The Kier molecular flexibility index (Phi) is 7.86. The molecular weight excluding hydrogens is 757 g/mol. The van der Waals surface area contributed by atoms with E-state index in [-0.39, 0.29) is 0 Å². The van der Waals surface area contributed by atoms with Crippen LogP contribution >= 0.6 is 22.7 Å². The molecule has 59 heavy (non-hydrogen) atoms. The van der Waals surface area contributed by atoms with E-state index in [9.17, 15) is 0 Å². The second-order valence-electron chi connectivity index (χ2n) is 14.8. The molecule has 6 heteroatoms. The normalized spacial score (nSPS) is 11.7. The molecule has 0 saturated heterocycles. The number of rotatable bonds is 6. The van der Waals surface area contributed by atoms with Crippen molar-refractivity contribution in [1.82, 2.24) is 19.5 Å². The number of hydrogen-bond acceptors (Lipinski definition) is 5. The molecule has 0 aliphatic carbocycles. The molecular formula is C53H32N4S2. The molecule has 0 saturated carbocycles. The molecule has 8 aromatic carbocycles. The van der Waals surface area contributed by atoms with Gasteiger partial charge >= 0.3 is 0 Å². The van der Waals surface area contributed by atoms with Crippen molar-refractivity contribution in [3.05, 3.63) is 194 Å².